The van der Waals surface area contributed by atoms with Gasteiger partial charge in [0.05, 0.1) is 6.04 Å². The highest BCUT2D eigenvalue weighted by atomic mass is 16.1. The van der Waals surface area contributed by atoms with Crippen LogP contribution in [0.3, 0.4) is 0 Å². The first-order chi connectivity index (χ1) is 5.13. The Morgan fingerprint density at radius 1 is 1.55 bits per heavy atom. The molecule has 0 amide bonds. The number of carbonyl (C=O) groups excluding carboxylic acids is 1. The second kappa shape index (κ2) is 2.07. The number of ketones is 1. The molecule has 62 valence electrons. The molecule has 2 aliphatic rings. The van der Waals surface area contributed by atoms with Crippen molar-refractivity contribution in [2.45, 2.75) is 19.9 Å². The number of hydrogen-bond acceptors (Lipinski definition) is 2. The van der Waals surface area contributed by atoms with Crippen molar-refractivity contribution < 1.29 is 4.79 Å². The van der Waals surface area contributed by atoms with Gasteiger partial charge in [0.25, 0.3) is 0 Å². The molecule has 0 spiro atoms. The molecule has 1 aliphatic carbocycles. The summed E-state index contributed by atoms with van der Waals surface area (Å²) in [6.07, 6.45) is 0. The number of carbonyl (C=O) groups is 1. The molecule has 0 radical (unpaired) electrons. The molecule has 2 unspecified atom stereocenters. The summed E-state index contributed by atoms with van der Waals surface area (Å²) in [5, 5.41) is 0. The predicted molar refractivity (Wildman–Crippen MR) is 43.2 cm³/mol. The zero-order valence-electron chi connectivity index (χ0n) is 7.37. The lowest BCUT2D eigenvalue weighted by Gasteiger charge is -2.20. The van der Waals surface area contributed by atoms with Gasteiger partial charge in [-0.3, -0.25) is 9.69 Å². The van der Waals surface area contributed by atoms with Crippen LogP contribution in [0.25, 0.3) is 0 Å². The van der Waals surface area contributed by atoms with E-state index < -0.39 is 0 Å². The molecular formula is C9H15NO. The zero-order valence-corrected chi connectivity index (χ0v) is 7.37. The fraction of sp³-hybridized carbons (Fsp3) is 0.889. The van der Waals surface area contributed by atoms with Crippen molar-refractivity contribution in [1.82, 2.24) is 4.90 Å². The SMILES string of the molecule is CC(=O)C1[C@H]2C(C)[C@H]2CN1C. The minimum atomic E-state index is 0.245. The van der Waals surface area contributed by atoms with Crippen LogP contribution in [0.2, 0.25) is 0 Å². The van der Waals surface area contributed by atoms with Crippen LogP contribution >= 0.6 is 0 Å². The molecular weight excluding hydrogens is 138 g/mol. The van der Waals surface area contributed by atoms with Crippen LogP contribution in [0.5, 0.6) is 0 Å². The van der Waals surface area contributed by atoms with Crippen LogP contribution < -0.4 is 0 Å². The molecule has 0 aromatic carbocycles. The summed E-state index contributed by atoms with van der Waals surface area (Å²) < 4.78 is 0. The lowest BCUT2D eigenvalue weighted by atomic mass is 10.1. The van der Waals surface area contributed by atoms with E-state index in [1.54, 1.807) is 6.92 Å². The van der Waals surface area contributed by atoms with Crippen molar-refractivity contribution in [1.29, 1.82) is 0 Å². The first-order valence-electron chi connectivity index (χ1n) is 4.33. The van der Waals surface area contributed by atoms with E-state index in [1.807, 2.05) is 0 Å². The van der Waals surface area contributed by atoms with Crippen molar-refractivity contribution in [3.8, 4) is 0 Å². The highest BCUT2D eigenvalue weighted by Gasteiger charge is 2.58. The Balaban J connectivity index is 2.13. The molecule has 0 N–H and O–H groups in total. The van der Waals surface area contributed by atoms with Crippen molar-refractivity contribution in [2.24, 2.45) is 17.8 Å². The first-order valence-corrected chi connectivity index (χ1v) is 4.33. The largest absolute Gasteiger partial charge is 0.298 e. The molecule has 1 saturated carbocycles. The fourth-order valence-electron chi connectivity index (χ4n) is 2.71. The molecule has 1 heterocycles. The van der Waals surface area contributed by atoms with E-state index in [0.29, 0.717) is 11.7 Å². The number of Topliss-reactive ketones (excluding diaryl/α,β-unsaturated/α-hetero) is 1. The van der Waals surface area contributed by atoms with Gasteiger partial charge in [0.1, 0.15) is 5.78 Å². The van der Waals surface area contributed by atoms with Crippen molar-refractivity contribution in [3.05, 3.63) is 0 Å². The van der Waals surface area contributed by atoms with Crippen LogP contribution in [-0.4, -0.2) is 30.3 Å². The average Bonchev–Trinajstić information content (AvgIpc) is 2.45. The smallest absolute Gasteiger partial charge is 0.147 e. The van der Waals surface area contributed by atoms with Gasteiger partial charge in [0, 0.05) is 6.54 Å². The summed E-state index contributed by atoms with van der Waals surface area (Å²) in [4.78, 5) is 13.4. The van der Waals surface area contributed by atoms with Gasteiger partial charge >= 0.3 is 0 Å². The lowest BCUT2D eigenvalue weighted by Crippen LogP contribution is -2.36. The minimum absolute atomic E-state index is 0.245. The molecule has 0 aromatic heterocycles. The maximum Gasteiger partial charge on any atom is 0.147 e. The van der Waals surface area contributed by atoms with Crippen LogP contribution in [0, 0.1) is 17.8 Å². The number of hydrogen-bond donors (Lipinski definition) is 0. The standard InChI is InChI=1S/C9H15NO/c1-5-7-4-10(3)9(6(2)11)8(5)7/h5,7-9H,4H2,1-3H3/t5?,7-,8+,9?/m1/s1. The topological polar surface area (TPSA) is 20.3 Å². The number of likely N-dealkylation sites (N-methyl/N-ethyl adjacent to an activating group) is 1. The van der Waals surface area contributed by atoms with E-state index in [4.69, 9.17) is 0 Å². The van der Waals surface area contributed by atoms with Gasteiger partial charge in [-0.1, -0.05) is 6.92 Å². The lowest BCUT2D eigenvalue weighted by molar-refractivity contribution is -0.121. The van der Waals surface area contributed by atoms with Gasteiger partial charge in [-0.25, -0.2) is 0 Å². The normalized spacial score (nSPS) is 49.0. The number of fused-ring (bicyclic) bond motifs is 1. The van der Waals surface area contributed by atoms with Crippen LogP contribution in [0.4, 0.5) is 0 Å². The molecule has 1 aliphatic heterocycles. The van der Waals surface area contributed by atoms with Gasteiger partial charge in [0.15, 0.2) is 0 Å². The second-order valence-electron chi connectivity index (χ2n) is 4.10. The third-order valence-electron chi connectivity index (χ3n) is 3.39. The molecule has 0 bridgehead atoms. The number of rotatable bonds is 1. The predicted octanol–water partition coefficient (Wildman–Crippen LogP) is 0.772. The number of likely N-dealkylation sites (tertiary alicyclic amines) is 1. The van der Waals surface area contributed by atoms with E-state index >= 15 is 0 Å². The number of nitrogens with zero attached hydrogens (tertiary/aromatic N) is 1. The molecule has 4 atom stereocenters. The summed E-state index contributed by atoms with van der Waals surface area (Å²) in [6.45, 7) is 5.11. The average molecular weight is 153 g/mol. The van der Waals surface area contributed by atoms with Crippen LogP contribution in [0.15, 0.2) is 0 Å². The molecule has 0 aromatic rings. The Kier molecular flexibility index (Phi) is 1.37. The molecule has 2 heteroatoms. The van der Waals surface area contributed by atoms with Gasteiger partial charge in [-0.2, -0.15) is 0 Å². The summed E-state index contributed by atoms with van der Waals surface area (Å²) in [5.74, 6) is 2.68. The molecule has 11 heavy (non-hydrogen) atoms. The molecule has 1 saturated heterocycles. The highest BCUT2D eigenvalue weighted by Crippen LogP contribution is 2.54. The monoisotopic (exact) mass is 153 g/mol. The zero-order chi connectivity index (χ0) is 8.17. The summed E-state index contributed by atoms with van der Waals surface area (Å²) in [5.41, 5.74) is 0. The Morgan fingerprint density at radius 2 is 2.18 bits per heavy atom. The van der Waals surface area contributed by atoms with E-state index in [0.717, 1.165) is 18.4 Å². The maximum atomic E-state index is 11.2. The summed E-state index contributed by atoms with van der Waals surface area (Å²) in [6, 6.07) is 0.245. The van der Waals surface area contributed by atoms with Crippen molar-refractivity contribution in [3.63, 3.8) is 0 Å². The second-order valence-corrected chi connectivity index (χ2v) is 4.10. The Bertz CT molecular complexity index is 202. The van der Waals surface area contributed by atoms with E-state index in [9.17, 15) is 4.79 Å². The summed E-state index contributed by atoms with van der Waals surface area (Å²) in [7, 11) is 2.06. The number of piperidine rings is 1. The quantitative estimate of drug-likeness (QED) is 0.554. The van der Waals surface area contributed by atoms with Gasteiger partial charge < -0.3 is 0 Å². The van der Waals surface area contributed by atoms with Gasteiger partial charge in [0.2, 0.25) is 0 Å². The first kappa shape index (κ1) is 7.29. The van der Waals surface area contributed by atoms with Gasteiger partial charge in [-0.15, -0.1) is 0 Å². The van der Waals surface area contributed by atoms with Crippen LogP contribution in [-0.2, 0) is 4.79 Å². The van der Waals surface area contributed by atoms with Crippen LogP contribution in [0.1, 0.15) is 13.8 Å². The van der Waals surface area contributed by atoms with Crippen molar-refractivity contribution in [2.75, 3.05) is 13.6 Å². The van der Waals surface area contributed by atoms with E-state index in [1.165, 1.54) is 0 Å². The molecule has 2 rings (SSSR count). The fourth-order valence-corrected chi connectivity index (χ4v) is 2.71. The Labute approximate surface area is 67.6 Å². The highest BCUT2D eigenvalue weighted by molar-refractivity contribution is 5.82. The Morgan fingerprint density at radius 3 is 2.55 bits per heavy atom. The summed E-state index contributed by atoms with van der Waals surface area (Å²) >= 11 is 0. The van der Waals surface area contributed by atoms with E-state index in [2.05, 4.69) is 18.9 Å². The maximum absolute atomic E-state index is 11.2. The minimum Gasteiger partial charge on any atom is -0.298 e. The van der Waals surface area contributed by atoms with Crippen molar-refractivity contribution >= 4 is 5.78 Å². The third kappa shape index (κ3) is 0.853. The van der Waals surface area contributed by atoms with Gasteiger partial charge in [-0.05, 0) is 31.7 Å². The van der Waals surface area contributed by atoms with E-state index in [-0.39, 0.29) is 6.04 Å². The molecule has 2 fully saturated rings. The Hall–Kier alpha value is -0.370. The molecule has 2 nitrogen and oxygen atoms in total. The third-order valence-corrected chi connectivity index (χ3v) is 3.39.